The third-order valence-electron chi connectivity index (χ3n) is 2.84. The van der Waals surface area contributed by atoms with Crippen molar-refractivity contribution in [2.45, 2.75) is 4.90 Å². The highest BCUT2D eigenvalue weighted by molar-refractivity contribution is 7.95. The Kier molecular flexibility index (Phi) is 4.62. The minimum absolute atomic E-state index is 0.0128. The number of nitriles is 2. The van der Waals surface area contributed by atoms with E-state index in [0.29, 0.717) is 16.1 Å². The van der Waals surface area contributed by atoms with Gasteiger partial charge in [0, 0.05) is 5.02 Å². The summed E-state index contributed by atoms with van der Waals surface area (Å²) in [4.78, 5) is -0.411. The van der Waals surface area contributed by atoms with Crippen molar-refractivity contribution in [2.75, 3.05) is 0 Å². The Morgan fingerprint density at radius 2 is 1.77 bits per heavy atom. The van der Waals surface area contributed by atoms with E-state index in [1.807, 2.05) is 6.07 Å². The second-order valence-electron chi connectivity index (χ2n) is 4.32. The molecule has 2 aromatic carbocycles. The second-order valence-corrected chi connectivity index (χ2v) is 6.67. The minimum Gasteiger partial charge on any atom is -0.218 e. The smallest absolute Gasteiger partial charge is 0.216 e. The average molecular weight is 329 g/mol. The van der Waals surface area contributed by atoms with Crippen LogP contribution in [-0.4, -0.2) is 8.42 Å². The first-order valence-electron chi connectivity index (χ1n) is 6.10. The Labute approximate surface area is 133 Å². The summed E-state index contributed by atoms with van der Waals surface area (Å²) in [6, 6.07) is 15.6. The molecule has 0 aliphatic heterocycles. The normalized spacial score (nSPS) is 11.5. The number of nitrogens with zero attached hydrogens (tertiary/aromatic N) is 2. The summed E-state index contributed by atoms with van der Waals surface area (Å²) in [5.41, 5.74) is 0.850. The highest BCUT2D eigenvalue weighted by Gasteiger charge is 2.20. The first kappa shape index (κ1) is 15.8. The molecular weight excluding hydrogens is 320 g/mol. The molecule has 0 heterocycles. The number of halogens is 1. The van der Waals surface area contributed by atoms with E-state index in [4.69, 9.17) is 16.9 Å². The fraction of sp³-hybridized carbons (Fsp3) is 0. The Hall–Kier alpha value is -2.60. The van der Waals surface area contributed by atoms with Gasteiger partial charge in [0.1, 0.15) is 11.0 Å². The number of allylic oxidation sites excluding steroid dienone is 1. The molecule has 0 aliphatic carbocycles. The van der Waals surface area contributed by atoms with Crippen molar-refractivity contribution in [3.63, 3.8) is 0 Å². The predicted octanol–water partition coefficient (Wildman–Crippen LogP) is 3.55. The first-order chi connectivity index (χ1) is 10.5. The van der Waals surface area contributed by atoms with E-state index in [9.17, 15) is 13.7 Å². The summed E-state index contributed by atoms with van der Waals surface area (Å²) in [7, 11) is -3.93. The van der Waals surface area contributed by atoms with Gasteiger partial charge in [-0.25, -0.2) is 8.42 Å². The lowest BCUT2D eigenvalue weighted by Gasteiger charge is -2.03. The predicted molar refractivity (Wildman–Crippen MR) is 83.4 cm³/mol. The van der Waals surface area contributed by atoms with Crippen LogP contribution in [0.25, 0.3) is 6.08 Å². The molecule has 2 aromatic rings. The molecule has 2 rings (SSSR count). The molecule has 0 radical (unpaired) electrons. The maximum atomic E-state index is 12.4. The quantitative estimate of drug-likeness (QED) is 0.807. The molecule has 0 amide bonds. The van der Waals surface area contributed by atoms with Crippen LogP contribution in [0.5, 0.6) is 0 Å². The van der Waals surface area contributed by atoms with Crippen molar-refractivity contribution in [1.29, 1.82) is 10.5 Å². The van der Waals surface area contributed by atoms with E-state index in [0.717, 1.165) is 0 Å². The van der Waals surface area contributed by atoms with Crippen LogP contribution in [0.15, 0.2) is 58.3 Å². The van der Waals surface area contributed by atoms with Gasteiger partial charge in [0.05, 0.1) is 16.5 Å². The number of sulfone groups is 1. The molecule has 0 atom stereocenters. The topological polar surface area (TPSA) is 81.7 Å². The van der Waals surface area contributed by atoms with Gasteiger partial charge in [0.15, 0.2) is 0 Å². The fourth-order valence-corrected chi connectivity index (χ4v) is 3.05. The maximum absolute atomic E-state index is 12.4. The fourth-order valence-electron chi connectivity index (χ4n) is 1.76. The third-order valence-corrected chi connectivity index (χ3v) is 4.77. The van der Waals surface area contributed by atoms with E-state index in [1.165, 1.54) is 36.4 Å². The summed E-state index contributed by atoms with van der Waals surface area (Å²) in [6.45, 7) is 0. The summed E-state index contributed by atoms with van der Waals surface area (Å²) in [6.07, 6.45) is 1.24. The molecule has 0 unspecified atom stereocenters. The first-order valence-corrected chi connectivity index (χ1v) is 7.96. The zero-order valence-corrected chi connectivity index (χ0v) is 12.8. The third kappa shape index (κ3) is 3.35. The molecule has 0 N–H and O–H groups in total. The van der Waals surface area contributed by atoms with Crippen LogP contribution in [-0.2, 0) is 9.84 Å². The highest BCUT2D eigenvalue weighted by atomic mass is 35.5. The van der Waals surface area contributed by atoms with E-state index in [2.05, 4.69) is 0 Å². The molecule has 0 fully saturated rings. The molecule has 0 bridgehead atoms. The van der Waals surface area contributed by atoms with Gasteiger partial charge >= 0.3 is 0 Å². The maximum Gasteiger partial charge on any atom is 0.216 e. The zero-order valence-electron chi connectivity index (χ0n) is 11.2. The number of benzene rings is 2. The summed E-state index contributed by atoms with van der Waals surface area (Å²) >= 11 is 5.73. The van der Waals surface area contributed by atoms with Crippen molar-refractivity contribution in [3.8, 4) is 12.1 Å². The summed E-state index contributed by atoms with van der Waals surface area (Å²) < 4.78 is 24.9. The average Bonchev–Trinajstić information content (AvgIpc) is 2.53. The van der Waals surface area contributed by atoms with Crippen LogP contribution in [0, 0.1) is 22.7 Å². The Morgan fingerprint density at radius 1 is 1.09 bits per heavy atom. The van der Waals surface area contributed by atoms with Crippen LogP contribution >= 0.6 is 11.6 Å². The van der Waals surface area contributed by atoms with Crippen LogP contribution in [0.3, 0.4) is 0 Å². The van der Waals surface area contributed by atoms with Gasteiger partial charge in [-0.15, -0.1) is 0 Å². The number of hydrogen-bond donors (Lipinski definition) is 0. The van der Waals surface area contributed by atoms with Crippen LogP contribution in [0.1, 0.15) is 11.1 Å². The largest absolute Gasteiger partial charge is 0.218 e. The van der Waals surface area contributed by atoms with Crippen molar-refractivity contribution in [1.82, 2.24) is 0 Å². The molecule has 108 valence electrons. The Bertz CT molecular complexity index is 918. The standard InChI is InChI=1S/C16H9ClN2O2S/c17-14-4-6-15(7-5-14)22(20,21)16(11-19)9-12-2-1-3-13(8-12)10-18/h1-9H/b16-9+. The van der Waals surface area contributed by atoms with Gasteiger partial charge in [0.25, 0.3) is 0 Å². The van der Waals surface area contributed by atoms with E-state index < -0.39 is 14.7 Å². The van der Waals surface area contributed by atoms with Gasteiger partial charge in [-0.05, 0) is 48.0 Å². The molecule has 0 saturated heterocycles. The molecule has 6 heteroatoms. The van der Waals surface area contributed by atoms with Crippen molar-refractivity contribution in [3.05, 3.63) is 69.6 Å². The number of hydrogen-bond acceptors (Lipinski definition) is 4. The van der Waals surface area contributed by atoms with E-state index >= 15 is 0 Å². The van der Waals surface area contributed by atoms with Crippen LogP contribution < -0.4 is 0 Å². The molecule has 0 aliphatic rings. The lowest BCUT2D eigenvalue weighted by Crippen LogP contribution is -2.03. The van der Waals surface area contributed by atoms with E-state index in [-0.39, 0.29) is 4.90 Å². The van der Waals surface area contributed by atoms with Gasteiger partial charge < -0.3 is 0 Å². The Morgan fingerprint density at radius 3 is 2.36 bits per heavy atom. The SMILES string of the molecule is N#C/C(=C\c1cccc(C#N)c1)S(=O)(=O)c1ccc(Cl)cc1. The second kappa shape index (κ2) is 6.44. The summed E-state index contributed by atoms with van der Waals surface area (Å²) in [5.74, 6) is 0. The highest BCUT2D eigenvalue weighted by Crippen LogP contribution is 2.23. The molecular formula is C16H9ClN2O2S. The minimum atomic E-state index is -3.93. The van der Waals surface area contributed by atoms with Crippen molar-refractivity contribution in [2.24, 2.45) is 0 Å². The lowest BCUT2D eigenvalue weighted by molar-refractivity contribution is 0.603. The van der Waals surface area contributed by atoms with Crippen molar-refractivity contribution < 1.29 is 8.42 Å². The lowest BCUT2D eigenvalue weighted by atomic mass is 10.1. The van der Waals surface area contributed by atoms with Gasteiger partial charge in [-0.1, -0.05) is 23.7 Å². The number of rotatable bonds is 3. The van der Waals surface area contributed by atoms with Gasteiger partial charge in [-0.3, -0.25) is 0 Å². The van der Waals surface area contributed by atoms with Gasteiger partial charge in [-0.2, -0.15) is 10.5 Å². The monoisotopic (exact) mass is 328 g/mol. The van der Waals surface area contributed by atoms with Crippen LogP contribution in [0.2, 0.25) is 5.02 Å². The molecule has 0 saturated carbocycles. The van der Waals surface area contributed by atoms with Crippen LogP contribution in [0.4, 0.5) is 0 Å². The Balaban J connectivity index is 2.51. The van der Waals surface area contributed by atoms with Gasteiger partial charge in [0.2, 0.25) is 9.84 Å². The molecule has 22 heavy (non-hydrogen) atoms. The molecule has 0 aromatic heterocycles. The zero-order chi connectivity index (χ0) is 16.2. The van der Waals surface area contributed by atoms with E-state index in [1.54, 1.807) is 24.3 Å². The molecule has 4 nitrogen and oxygen atoms in total. The summed E-state index contributed by atoms with van der Waals surface area (Å²) in [5, 5.41) is 18.4. The molecule has 0 spiro atoms. The van der Waals surface area contributed by atoms with Crippen molar-refractivity contribution >= 4 is 27.5 Å².